The molecule has 0 amide bonds. The van der Waals surface area contributed by atoms with Crippen LogP contribution in [0.4, 0.5) is 0 Å². The molecule has 0 saturated heterocycles. The third-order valence-electron chi connectivity index (χ3n) is 3.47. The average Bonchev–Trinajstić information content (AvgIpc) is 2.25. The molecule has 0 unspecified atom stereocenters. The quantitative estimate of drug-likeness (QED) is 0.464. The first kappa shape index (κ1) is 16.8. The Kier molecular flexibility index (Phi) is 5.60. The van der Waals surface area contributed by atoms with E-state index in [1.807, 2.05) is 0 Å². The van der Waals surface area contributed by atoms with Crippen LogP contribution >= 0.6 is 35.2 Å². The van der Waals surface area contributed by atoms with Gasteiger partial charge in [-0.3, -0.25) is 0 Å². The van der Waals surface area contributed by atoms with Crippen molar-refractivity contribution in [3.8, 4) is 0 Å². The third kappa shape index (κ3) is 3.42. The SMILES string of the molecule is Cc1cc(C)[c]([Tl]([Br])[c]2c(C)cc(C)cc2Cl)c(Cl)c1. The van der Waals surface area contributed by atoms with Gasteiger partial charge in [0.25, 0.3) is 0 Å². The molecule has 2 rings (SSSR count). The van der Waals surface area contributed by atoms with E-state index < -0.39 is 20.3 Å². The molecular weight excluding hydrogens is 547 g/mol. The minimum atomic E-state index is -2.51. The molecule has 4 heteroatoms. The molecule has 0 heterocycles. The summed E-state index contributed by atoms with van der Waals surface area (Å²) in [6.07, 6.45) is 0. The summed E-state index contributed by atoms with van der Waals surface area (Å²) in [7, 11) is 0. The van der Waals surface area contributed by atoms with Crippen molar-refractivity contribution in [3.63, 3.8) is 0 Å². The molecule has 2 aromatic rings. The second kappa shape index (κ2) is 6.68. The fourth-order valence-corrected chi connectivity index (χ4v) is 25.6. The Hall–Kier alpha value is 0.422. The van der Waals surface area contributed by atoms with Crippen LogP contribution in [-0.4, -0.2) is 20.3 Å². The van der Waals surface area contributed by atoms with Gasteiger partial charge in [0.05, 0.1) is 0 Å². The van der Waals surface area contributed by atoms with Crippen LogP contribution in [0.2, 0.25) is 10.0 Å². The van der Waals surface area contributed by atoms with E-state index in [4.69, 9.17) is 23.2 Å². The van der Waals surface area contributed by atoms with Crippen molar-refractivity contribution in [2.75, 3.05) is 0 Å². The molecule has 0 nitrogen and oxygen atoms in total. The van der Waals surface area contributed by atoms with Crippen LogP contribution in [0.15, 0.2) is 24.3 Å². The molecule has 0 N–H and O–H groups in total. The Morgan fingerprint density at radius 1 is 0.750 bits per heavy atom. The van der Waals surface area contributed by atoms with Crippen LogP contribution in [0.25, 0.3) is 0 Å². The van der Waals surface area contributed by atoms with E-state index in [0.29, 0.717) is 0 Å². The molecule has 0 fully saturated rings. The molecule has 0 aromatic heterocycles. The van der Waals surface area contributed by atoms with Crippen LogP contribution in [0.1, 0.15) is 22.3 Å². The van der Waals surface area contributed by atoms with Gasteiger partial charge in [0.2, 0.25) is 0 Å². The maximum atomic E-state index is 6.50. The van der Waals surface area contributed by atoms with Gasteiger partial charge in [0, 0.05) is 0 Å². The number of rotatable bonds is 2. The van der Waals surface area contributed by atoms with E-state index >= 15 is 0 Å². The number of hydrogen-bond donors (Lipinski definition) is 0. The summed E-state index contributed by atoms with van der Waals surface area (Å²) in [5.74, 6) is 0. The van der Waals surface area contributed by atoms with Gasteiger partial charge in [0.15, 0.2) is 0 Å². The molecule has 104 valence electrons. The molecule has 0 aliphatic heterocycles. The zero-order valence-electron chi connectivity index (χ0n) is 12.0. The summed E-state index contributed by atoms with van der Waals surface area (Å²) in [5, 5.41) is 1.75. The van der Waals surface area contributed by atoms with Crippen molar-refractivity contribution in [1.29, 1.82) is 0 Å². The minimum absolute atomic E-state index is 0.877. The molecule has 0 spiro atoms. The molecule has 0 aliphatic rings. The second-order valence-corrected chi connectivity index (χ2v) is 21.5. The van der Waals surface area contributed by atoms with E-state index in [1.54, 1.807) is 0 Å². The topological polar surface area (TPSA) is 0 Å². The van der Waals surface area contributed by atoms with Crippen molar-refractivity contribution in [3.05, 3.63) is 56.6 Å². The second-order valence-electron chi connectivity index (χ2n) is 5.32. The van der Waals surface area contributed by atoms with E-state index in [9.17, 15) is 0 Å². The predicted molar refractivity (Wildman–Crippen MR) is 95.8 cm³/mol. The number of halogens is 3. The number of benzene rings is 2. The van der Waals surface area contributed by atoms with Crippen molar-refractivity contribution >= 4 is 61.7 Å². The Balaban J connectivity index is 2.61. The number of hydrogen-bond acceptors (Lipinski definition) is 0. The van der Waals surface area contributed by atoms with Crippen molar-refractivity contribution < 1.29 is 0 Å². The molecule has 0 saturated carbocycles. The fourth-order valence-electron chi connectivity index (χ4n) is 2.64. The average molecular weight is 563 g/mol. The third-order valence-corrected chi connectivity index (χ3v) is 23.5. The van der Waals surface area contributed by atoms with Gasteiger partial charge in [0.1, 0.15) is 0 Å². The van der Waals surface area contributed by atoms with Gasteiger partial charge >= 0.3 is 146 Å². The van der Waals surface area contributed by atoms with E-state index in [1.165, 1.54) is 28.5 Å². The van der Waals surface area contributed by atoms with Gasteiger partial charge in [-0.1, -0.05) is 0 Å². The van der Waals surface area contributed by atoms with Crippen molar-refractivity contribution in [1.82, 2.24) is 0 Å². The molecule has 2 aromatic carbocycles. The Morgan fingerprint density at radius 2 is 1.10 bits per heavy atom. The van der Waals surface area contributed by atoms with E-state index in [0.717, 1.165) is 10.0 Å². The van der Waals surface area contributed by atoms with Crippen LogP contribution in [0.3, 0.4) is 0 Å². The van der Waals surface area contributed by atoms with Gasteiger partial charge in [-0.05, 0) is 0 Å². The summed E-state index contributed by atoms with van der Waals surface area (Å²) < 4.78 is 2.62. The Bertz CT molecular complexity index is 564. The summed E-state index contributed by atoms with van der Waals surface area (Å²) >= 11 is 14.5. The van der Waals surface area contributed by atoms with Crippen LogP contribution in [-0.2, 0) is 0 Å². The zero-order valence-corrected chi connectivity index (χ0v) is 19.6. The maximum absolute atomic E-state index is 6.50. The van der Waals surface area contributed by atoms with E-state index in [-0.39, 0.29) is 0 Å². The van der Waals surface area contributed by atoms with Gasteiger partial charge in [-0.25, -0.2) is 0 Å². The first-order valence-electron chi connectivity index (χ1n) is 6.48. The Morgan fingerprint density at radius 3 is 1.40 bits per heavy atom. The summed E-state index contributed by atoms with van der Waals surface area (Å²) in [6, 6.07) is 8.50. The van der Waals surface area contributed by atoms with E-state index in [2.05, 4.69) is 63.9 Å². The normalized spacial score (nSPS) is 10.8. The van der Waals surface area contributed by atoms with Crippen molar-refractivity contribution in [2.24, 2.45) is 0 Å². The summed E-state index contributed by atoms with van der Waals surface area (Å²) in [4.78, 5) is 0. The monoisotopic (exact) mass is 562 g/mol. The first-order valence-corrected chi connectivity index (χ1v) is 21.5. The Labute approximate surface area is 144 Å². The molecule has 0 atom stereocenters. The zero-order chi connectivity index (χ0) is 15.0. The van der Waals surface area contributed by atoms with Crippen LogP contribution < -0.4 is 6.25 Å². The molecule has 0 aliphatic carbocycles. The first-order chi connectivity index (χ1) is 9.31. The molecule has 0 radical (unpaired) electrons. The van der Waals surface area contributed by atoms with Crippen LogP contribution in [0.5, 0.6) is 0 Å². The number of aryl methyl sites for hydroxylation is 4. The van der Waals surface area contributed by atoms with Crippen molar-refractivity contribution in [2.45, 2.75) is 27.7 Å². The van der Waals surface area contributed by atoms with Gasteiger partial charge in [-0.15, -0.1) is 0 Å². The summed E-state index contributed by atoms with van der Waals surface area (Å²) in [6.45, 7) is 8.43. The van der Waals surface area contributed by atoms with Crippen LogP contribution in [0, 0.1) is 27.7 Å². The standard InChI is InChI=1S/2C8H8Cl.BrH.Tl/c2*1-6-3-7(2)5-8(9)4-6;;/h2*3-4H,1-2H3;1H;/q;;;+1/p-1. The molecule has 20 heavy (non-hydrogen) atoms. The van der Waals surface area contributed by atoms with Gasteiger partial charge in [-0.2, -0.15) is 0 Å². The fraction of sp³-hybridized carbons (Fsp3) is 0.250. The van der Waals surface area contributed by atoms with Gasteiger partial charge < -0.3 is 0 Å². The molecule has 0 bridgehead atoms. The molecular formula is C16H16BrCl2Tl. The summed E-state index contributed by atoms with van der Waals surface area (Å²) in [5.41, 5.74) is 4.95. The predicted octanol–water partition coefficient (Wildman–Crippen LogP) is 4.73.